The van der Waals surface area contributed by atoms with E-state index in [1.807, 2.05) is 23.1 Å². The summed E-state index contributed by atoms with van der Waals surface area (Å²) in [4.78, 5) is 26.4. The summed E-state index contributed by atoms with van der Waals surface area (Å²) in [5, 5.41) is 9.40. The zero-order valence-corrected chi connectivity index (χ0v) is 14.4. The Morgan fingerprint density at radius 2 is 1.96 bits per heavy atom. The smallest absolute Gasteiger partial charge is 0.332 e. The van der Waals surface area contributed by atoms with Crippen LogP contribution in [0.15, 0.2) is 32.3 Å². The number of aromatic nitrogens is 2. The molecule has 0 saturated carbocycles. The first-order valence-electron chi connectivity index (χ1n) is 7.17. The van der Waals surface area contributed by atoms with E-state index in [1.54, 1.807) is 7.05 Å². The van der Waals surface area contributed by atoms with Gasteiger partial charge in [0.25, 0.3) is 5.56 Å². The monoisotopic (exact) mass is 374 g/mol. The van der Waals surface area contributed by atoms with E-state index in [1.165, 1.54) is 17.2 Å². The van der Waals surface area contributed by atoms with Crippen LogP contribution in [-0.4, -0.2) is 15.7 Å². The Bertz CT molecular complexity index is 952. The van der Waals surface area contributed by atoms with Crippen LogP contribution in [0.1, 0.15) is 16.7 Å². The number of nitriles is 1. The molecule has 7 heteroatoms. The predicted molar refractivity (Wildman–Crippen MR) is 90.5 cm³/mol. The Balaban J connectivity index is 2.18. The van der Waals surface area contributed by atoms with Gasteiger partial charge in [-0.25, -0.2) is 4.79 Å². The van der Waals surface area contributed by atoms with E-state index in [2.05, 4.69) is 22.0 Å². The van der Waals surface area contributed by atoms with Gasteiger partial charge in [-0.05, 0) is 23.6 Å². The first-order valence-corrected chi connectivity index (χ1v) is 7.96. The maximum Gasteiger partial charge on any atom is 0.332 e. The quantitative estimate of drug-likeness (QED) is 0.753. The minimum absolute atomic E-state index is 0.00473. The number of hydrogen-bond donors (Lipinski definition) is 0. The minimum Gasteiger partial charge on any atom is -0.352 e. The summed E-state index contributed by atoms with van der Waals surface area (Å²) in [6.45, 7) is 1.20. The molecule has 0 atom stereocenters. The zero-order chi connectivity index (χ0) is 16.7. The lowest BCUT2D eigenvalue weighted by atomic mass is 9.99. The number of halogens is 1. The van der Waals surface area contributed by atoms with Gasteiger partial charge < -0.3 is 4.90 Å². The van der Waals surface area contributed by atoms with Gasteiger partial charge >= 0.3 is 5.69 Å². The van der Waals surface area contributed by atoms with Gasteiger partial charge in [-0.3, -0.25) is 13.9 Å². The van der Waals surface area contributed by atoms with Crippen LogP contribution in [0.2, 0.25) is 0 Å². The lowest BCUT2D eigenvalue weighted by Crippen LogP contribution is -2.43. The third kappa shape index (κ3) is 2.39. The Hall–Kier alpha value is -2.33. The molecule has 0 N–H and O–H groups in total. The molecule has 0 unspecified atom stereocenters. The molecular formula is C16H15BrN4O2. The fraction of sp³-hybridized carbons (Fsp3) is 0.312. The minimum atomic E-state index is -0.552. The largest absolute Gasteiger partial charge is 0.352 e. The molecule has 2 heterocycles. The van der Waals surface area contributed by atoms with E-state index in [4.69, 9.17) is 0 Å². The van der Waals surface area contributed by atoms with E-state index >= 15 is 0 Å². The van der Waals surface area contributed by atoms with E-state index in [9.17, 15) is 14.9 Å². The summed E-state index contributed by atoms with van der Waals surface area (Å²) in [6, 6.07) is 8.00. The number of rotatable bonds is 1. The molecule has 1 aliphatic heterocycles. The SMILES string of the molecule is Cn1c(N2CCc3cccc(Br)c3C2)c(C#N)c(=O)n(C)c1=O. The molecule has 0 spiro atoms. The highest BCUT2D eigenvalue weighted by molar-refractivity contribution is 9.10. The van der Waals surface area contributed by atoms with E-state index < -0.39 is 11.2 Å². The predicted octanol–water partition coefficient (Wildman–Crippen LogP) is 1.28. The number of nitrogens with zero attached hydrogens (tertiary/aromatic N) is 4. The van der Waals surface area contributed by atoms with Gasteiger partial charge in [0.2, 0.25) is 0 Å². The standard InChI is InChI=1S/C16H15BrN4O2/c1-19-14(11(8-18)15(22)20(2)16(19)23)21-7-6-10-4-3-5-13(17)12(10)9-21/h3-5H,6-7,9H2,1-2H3. The summed E-state index contributed by atoms with van der Waals surface area (Å²) in [7, 11) is 2.98. The van der Waals surface area contributed by atoms with Gasteiger partial charge in [0.15, 0.2) is 5.56 Å². The van der Waals surface area contributed by atoms with Gasteiger partial charge in [0, 0.05) is 31.7 Å². The van der Waals surface area contributed by atoms with Crippen molar-refractivity contribution < 1.29 is 0 Å². The highest BCUT2D eigenvalue weighted by Crippen LogP contribution is 2.29. The summed E-state index contributed by atoms with van der Waals surface area (Å²) < 4.78 is 3.34. The van der Waals surface area contributed by atoms with Gasteiger partial charge in [-0.1, -0.05) is 28.1 Å². The molecule has 0 aliphatic carbocycles. The lowest BCUT2D eigenvalue weighted by molar-refractivity contribution is 0.635. The normalized spacial score (nSPS) is 13.6. The van der Waals surface area contributed by atoms with Crippen molar-refractivity contribution in [3.63, 3.8) is 0 Å². The van der Waals surface area contributed by atoms with Crippen LogP contribution in [0, 0.1) is 11.3 Å². The molecule has 6 nitrogen and oxygen atoms in total. The second-order valence-corrected chi connectivity index (χ2v) is 6.42. The molecule has 23 heavy (non-hydrogen) atoms. The van der Waals surface area contributed by atoms with Gasteiger partial charge in [0.1, 0.15) is 11.9 Å². The topological polar surface area (TPSA) is 71.0 Å². The van der Waals surface area contributed by atoms with Crippen LogP contribution < -0.4 is 16.1 Å². The number of hydrogen-bond acceptors (Lipinski definition) is 4. The molecule has 118 valence electrons. The third-order valence-electron chi connectivity index (χ3n) is 4.26. The first kappa shape index (κ1) is 15.6. The number of anilines is 1. The van der Waals surface area contributed by atoms with Crippen molar-refractivity contribution in [3.05, 3.63) is 60.2 Å². The highest BCUT2D eigenvalue weighted by Gasteiger charge is 2.25. The van der Waals surface area contributed by atoms with Crippen molar-refractivity contribution in [1.82, 2.24) is 9.13 Å². The number of fused-ring (bicyclic) bond motifs is 1. The third-order valence-corrected chi connectivity index (χ3v) is 5.00. The molecule has 1 aromatic heterocycles. The average Bonchev–Trinajstić information content (AvgIpc) is 2.56. The van der Waals surface area contributed by atoms with Crippen LogP contribution in [0.4, 0.5) is 5.82 Å². The Kier molecular flexibility index (Phi) is 3.86. The van der Waals surface area contributed by atoms with Gasteiger partial charge in [0.05, 0.1) is 0 Å². The summed E-state index contributed by atoms with van der Waals surface area (Å²) in [5.74, 6) is 0.391. The Morgan fingerprint density at radius 1 is 1.22 bits per heavy atom. The van der Waals surface area contributed by atoms with Gasteiger partial charge in [-0.2, -0.15) is 5.26 Å². The summed E-state index contributed by atoms with van der Waals surface area (Å²) in [6.07, 6.45) is 0.795. The van der Waals surface area contributed by atoms with Crippen LogP contribution in [-0.2, 0) is 27.1 Å². The van der Waals surface area contributed by atoms with Gasteiger partial charge in [-0.15, -0.1) is 0 Å². The van der Waals surface area contributed by atoms with E-state index in [0.29, 0.717) is 18.9 Å². The zero-order valence-electron chi connectivity index (χ0n) is 12.8. The van der Waals surface area contributed by atoms with Crippen LogP contribution in [0.3, 0.4) is 0 Å². The molecule has 3 rings (SSSR count). The van der Waals surface area contributed by atoms with Crippen molar-refractivity contribution >= 4 is 21.7 Å². The molecule has 0 saturated heterocycles. The highest BCUT2D eigenvalue weighted by atomic mass is 79.9. The Morgan fingerprint density at radius 3 is 2.65 bits per heavy atom. The van der Waals surface area contributed by atoms with Crippen molar-refractivity contribution in [2.45, 2.75) is 13.0 Å². The second kappa shape index (κ2) is 5.70. The van der Waals surface area contributed by atoms with Crippen molar-refractivity contribution in [1.29, 1.82) is 5.26 Å². The number of benzene rings is 1. The van der Waals surface area contributed by atoms with Crippen LogP contribution in [0.5, 0.6) is 0 Å². The molecule has 0 bridgehead atoms. The fourth-order valence-electron chi connectivity index (χ4n) is 3.02. The van der Waals surface area contributed by atoms with Crippen molar-refractivity contribution in [2.75, 3.05) is 11.4 Å². The molecule has 0 fully saturated rings. The van der Waals surface area contributed by atoms with Crippen LogP contribution in [0.25, 0.3) is 0 Å². The molecule has 2 aromatic rings. The maximum absolute atomic E-state index is 12.2. The first-order chi connectivity index (χ1) is 11.0. The average molecular weight is 375 g/mol. The van der Waals surface area contributed by atoms with Crippen LogP contribution >= 0.6 is 15.9 Å². The maximum atomic E-state index is 12.2. The molecular weight excluding hydrogens is 360 g/mol. The molecule has 1 aromatic carbocycles. The second-order valence-electron chi connectivity index (χ2n) is 5.57. The van der Waals surface area contributed by atoms with E-state index in [-0.39, 0.29) is 5.56 Å². The Labute approximate surface area is 141 Å². The fourth-order valence-corrected chi connectivity index (χ4v) is 3.55. The van der Waals surface area contributed by atoms with Crippen molar-refractivity contribution in [3.8, 4) is 6.07 Å². The lowest BCUT2D eigenvalue weighted by Gasteiger charge is -2.32. The molecule has 0 amide bonds. The van der Waals surface area contributed by atoms with E-state index in [0.717, 1.165) is 21.0 Å². The molecule has 0 radical (unpaired) electrons. The summed E-state index contributed by atoms with van der Waals surface area (Å²) >= 11 is 3.55. The molecule has 1 aliphatic rings. The van der Waals surface area contributed by atoms with Crippen molar-refractivity contribution in [2.24, 2.45) is 14.1 Å². The summed E-state index contributed by atoms with van der Waals surface area (Å²) in [5.41, 5.74) is 1.38.